The molecule has 5 heteroatoms. The number of carboxylic acids is 1. The van der Waals surface area contributed by atoms with Crippen molar-refractivity contribution in [1.82, 2.24) is 5.16 Å². The first kappa shape index (κ1) is 7.74. The minimum atomic E-state index is -0.996. The molecule has 0 amide bonds. The average Bonchev–Trinajstić information content (AvgIpc) is 2.39. The Morgan fingerprint density at radius 3 is 3.18 bits per heavy atom. The van der Waals surface area contributed by atoms with Gasteiger partial charge in [-0.1, -0.05) is 5.16 Å². The highest BCUT2D eigenvalue weighted by Crippen LogP contribution is 1.97. The number of carboxylic acid groups (broad SMARTS) is 1. The lowest BCUT2D eigenvalue weighted by atomic mass is 10.5. The third kappa shape index (κ3) is 2.81. The predicted octanol–water partition coefficient (Wildman–Crippen LogP) is 0.276. The molecule has 0 saturated heterocycles. The number of carbonyl (C=O) groups is 1. The Morgan fingerprint density at radius 1 is 1.82 bits per heavy atom. The molecule has 5 nitrogen and oxygen atoms in total. The summed E-state index contributed by atoms with van der Waals surface area (Å²) in [6, 6.07) is 1.61. The number of ether oxygens (including phenoxy) is 1. The van der Waals surface area contributed by atoms with Crippen LogP contribution in [0.25, 0.3) is 0 Å². The van der Waals surface area contributed by atoms with Gasteiger partial charge in [0.1, 0.15) is 13.2 Å². The molecule has 0 radical (unpaired) electrons. The van der Waals surface area contributed by atoms with Gasteiger partial charge in [0.15, 0.2) is 5.76 Å². The maximum Gasteiger partial charge on any atom is 0.329 e. The van der Waals surface area contributed by atoms with Crippen LogP contribution >= 0.6 is 0 Å². The summed E-state index contributed by atoms with van der Waals surface area (Å²) in [6.07, 6.45) is 1.47. The molecule has 0 aliphatic rings. The molecule has 0 bridgehead atoms. The van der Waals surface area contributed by atoms with E-state index in [4.69, 9.17) is 9.84 Å². The summed E-state index contributed by atoms with van der Waals surface area (Å²) >= 11 is 0. The van der Waals surface area contributed by atoms with E-state index in [1.54, 1.807) is 6.07 Å². The number of rotatable bonds is 4. The predicted molar refractivity (Wildman–Crippen MR) is 33.8 cm³/mol. The van der Waals surface area contributed by atoms with Crippen LogP contribution < -0.4 is 0 Å². The molecule has 1 aromatic heterocycles. The van der Waals surface area contributed by atoms with E-state index < -0.39 is 5.97 Å². The van der Waals surface area contributed by atoms with Crippen molar-refractivity contribution < 1.29 is 19.2 Å². The first-order valence-electron chi connectivity index (χ1n) is 2.98. The smallest absolute Gasteiger partial charge is 0.329 e. The number of aromatic nitrogens is 1. The molecule has 11 heavy (non-hydrogen) atoms. The van der Waals surface area contributed by atoms with Crippen molar-refractivity contribution in [2.75, 3.05) is 6.61 Å². The van der Waals surface area contributed by atoms with Gasteiger partial charge in [-0.2, -0.15) is 0 Å². The van der Waals surface area contributed by atoms with Gasteiger partial charge in [0.2, 0.25) is 0 Å². The molecule has 1 N–H and O–H groups in total. The molecular formula is C6H7NO4. The summed E-state index contributed by atoms with van der Waals surface area (Å²) < 4.78 is 9.35. The monoisotopic (exact) mass is 157 g/mol. The van der Waals surface area contributed by atoms with Gasteiger partial charge < -0.3 is 14.4 Å². The third-order valence-corrected chi connectivity index (χ3v) is 0.961. The van der Waals surface area contributed by atoms with Crippen LogP contribution in [0.4, 0.5) is 0 Å². The van der Waals surface area contributed by atoms with Crippen molar-refractivity contribution in [2.45, 2.75) is 6.61 Å². The highest BCUT2D eigenvalue weighted by molar-refractivity contribution is 5.67. The van der Waals surface area contributed by atoms with Gasteiger partial charge in [-0.3, -0.25) is 0 Å². The summed E-state index contributed by atoms with van der Waals surface area (Å²) in [5.41, 5.74) is 0. The van der Waals surface area contributed by atoms with Gasteiger partial charge in [-0.25, -0.2) is 4.79 Å². The van der Waals surface area contributed by atoms with Crippen molar-refractivity contribution in [2.24, 2.45) is 0 Å². The van der Waals surface area contributed by atoms with E-state index >= 15 is 0 Å². The lowest BCUT2D eigenvalue weighted by Gasteiger charge is -1.94. The molecule has 0 aliphatic heterocycles. The molecule has 0 fully saturated rings. The summed E-state index contributed by atoms with van der Waals surface area (Å²) in [6.45, 7) is -0.174. The van der Waals surface area contributed by atoms with E-state index in [2.05, 4.69) is 9.68 Å². The molecule has 0 atom stereocenters. The van der Waals surface area contributed by atoms with Crippen LogP contribution in [-0.2, 0) is 16.1 Å². The Balaban J connectivity index is 2.19. The van der Waals surface area contributed by atoms with Gasteiger partial charge in [0.25, 0.3) is 0 Å². The summed E-state index contributed by atoms with van der Waals surface area (Å²) in [4.78, 5) is 9.96. The van der Waals surface area contributed by atoms with Gasteiger partial charge in [-0.15, -0.1) is 0 Å². The van der Waals surface area contributed by atoms with Crippen LogP contribution in [0, 0.1) is 0 Å². The number of nitrogens with zero attached hydrogens (tertiary/aromatic N) is 1. The standard InChI is InChI=1S/C6H7NO4/c8-6(9)4-10-3-5-1-2-7-11-5/h1-2H,3-4H2,(H,8,9). The molecule has 0 aromatic carbocycles. The second kappa shape index (κ2) is 3.72. The molecular weight excluding hydrogens is 150 g/mol. The maximum absolute atomic E-state index is 9.96. The SMILES string of the molecule is O=C(O)COCc1ccno1. The van der Waals surface area contributed by atoms with E-state index in [9.17, 15) is 4.79 Å². The molecule has 60 valence electrons. The van der Waals surface area contributed by atoms with E-state index in [1.165, 1.54) is 6.20 Å². The Morgan fingerprint density at radius 2 is 2.64 bits per heavy atom. The molecule has 0 aliphatic carbocycles. The second-order valence-electron chi connectivity index (χ2n) is 1.87. The van der Waals surface area contributed by atoms with Gasteiger partial charge >= 0.3 is 5.97 Å². The normalized spacial score (nSPS) is 9.82. The van der Waals surface area contributed by atoms with E-state index in [0.717, 1.165) is 0 Å². The van der Waals surface area contributed by atoms with E-state index in [-0.39, 0.29) is 13.2 Å². The van der Waals surface area contributed by atoms with Crippen molar-refractivity contribution >= 4 is 5.97 Å². The van der Waals surface area contributed by atoms with E-state index in [0.29, 0.717) is 5.76 Å². The Hall–Kier alpha value is -1.36. The fourth-order valence-corrected chi connectivity index (χ4v) is 0.556. The highest BCUT2D eigenvalue weighted by Gasteiger charge is 1.99. The number of hydrogen-bond acceptors (Lipinski definition) is 4. The van der Waals surface area contributed by atoms with Crippen LogP contribution in [0.5, 0.6) is 0 Å². The average molecular weight is 157 g/mol. The third-order valence-electron chi connectivity index (χ3n) is 0.961. The molecule has 1 aromatic rings. The van der Waals surface area contributed by atoms with Crippen LogP contribution in [-0.4, -0.2) is 22.8 Å². The second-order valence-corrected chi connectivity index (χ2v) is 1.87. The Bertz CT molecular complexity index is 218. The molecule has 0 spiro atoms. The largest absolute Gasteiger partial charge is 0.480 e. The van der Waals surface area contributed by atoms with Crippen LogP contribution in [0.1, 0.15) is 5.76 Å². The van der Waals surface area contributed by atoms with Crippen LogP contribution in [0.2, 0.25) is 0 Å². The van der Waals surface area contributed by atoms with Crippen molar-refractivity contribution in [1.29, 1.82) is 0 Å². The zero-order valence-corrected chi connectivity index (χ0v) is 5.69. The quantitative estimate of drug-likeness (QED) is 0.679. The van der Waals surface area contributed by atoms with Gasteiger partial charge in [0, 0.05) is 6.07 Å². The molecule has 1 heterocycles. The number of hydrogen-bond donors (Lipinski definition) is 1. The topological polar surface area (TPSA) is 72.6 Å². The van der Waals surface area contributed by atoms with E-state index in [1.807, 2.05) is 0 Å². The van der Waals surface area contributed by atoms with Crippen molar-refractivity contribution in [3.05, 3.63) is 18.0 Å². The summed E-state index contributed by atoms with van der Waals surface area (Å²) in [7, 11) is 0. The van der Waals surface area contributed by atoms with Gasteiger partial charge in [0.05, 0.1) is 6.20 Å². The highest BCUT2D eigenvalue weighted by atomic mass is 16.5. The van der Waals surface area contributed by atoms with Crippen molar-refractivity contribution in [3.8, 4) is 0 Å². The number of aliphatic carboxylic acids is 1. The zero-order valence-electron chi connectivity index (χ0n) is 5.69. The Kier molecular flexibility index (Phi) is 2.62. The lowest BCUT2D eigenvalue weighted by Crippen LogP contribution is -2.06. The summed E-state index contributed by atoms with van der Waals surface area (Å²) in [5, 5.41) is 11.6. The molecule has 1 rings (SSSR count). The fraction of sp³-hybridized carbons (Fsp3) is 0.333. The zero-order chi connectivity index (χ0) is 8.10. The van der Waals surface area contributed by atoms with Crippen LogP contribution in [0.3, 0.4) is 0 Å². The minimum absolute atomic E-state index is 0.145. The van der Waals surface area contributed by atoms with Gasteiger partial charge in [-0.05, 0) is 0 Å². The lowest BCUT2D eigenvalue weighted by molar-refractivity contribution is -0.142. The fourth-order valence-electron chi connectivity index (χ4n) is 0.556. The first-order valence-corrected chi connectivity index (χ1v) is 2.98. The first-order chi connectivity index (χ1) is 5.29. The molecule has 0 saturated carbocycles. The van der Waals surface area contributed by atoms with Crippen molar-refractivity contribution in [3.63, 3.8) is 0 Å². The Labute approximate surface area is 62.6 Å². The summed E-state index contributed by atoms with van der Waals surface area (Å²) in [5.74, 6) is -0.476. The minimum Gasteiger partial charge on any atom is -0.480 e. The maximum atomic E-state index is 9.96. The van der Waals surface area contributed by atoms with Crippen LogP contribution in [0.15, 0.2) is 16.8 Å². The molecule has 0 unspecified atom stereocenters.